The summed E-state index contributed by atoms with van der Waals surface area (Å²) in [7, 11) is 0. The summed E-state index contributed by atoms with van der Waals surface area (Å²) in [6.45, 7) is 4.12. The minimum atomic E-state index is -0.216. The number of aryl methyl sites for hydroxylation is 2. The molecule has 0 atom stereocenters. The van der Waals surface area contributed by atoms with Crippen molar-refractivity contribution in [3.8, 4) is 5.75 Å². The molecule has 0 amide bonds. The van der Waals surface area contributed by atoms with Gasteiger partial charge in [0.1, 0.15) is 11.6 Å². The average molecular weight is 290 g/mol. The monoisotopic (exact) mass is 290 g/mol. The summed E-state index contributed by atoms with van der Waals surface area (Å²) < 4.78 is 13.7. The number of hydrogen-bond donors (Lipinski definition) is 1. The van der Waals surface area contributed by atoms with E-state index in [-0.39, 0.29) is 11.6 Å². The maximum absolute atomic E-state index is 13.7. The van der Waals surface area contributed by atoms with E-state index in [1.807, 2.05) is 25.1 Å². The lowest BCUT2D eigenvalue weighted by Gasteiger charge is -2.14. The summed E-state index contributed by atoms with van der Waals surface area (Å²) in [4.78, 5) is 0. The zero-order chi connectivity index (χ0) is 15.4. The van der Waals surface area contributed by atoms with Crippen LogP contribution in [0.2, 0.25) is 0 Å². The minimum absolute atomic E-state index is 0.216. The summed E-state index contributed by atoms with van der Waals surface area (Å²) in [5, 5.41) is 16.1. The molecule has 0 aliphatic carbocycles. The molecule has 0 fully saturated rings. The molecule has 4 aromatic carbocycles. The van der Waals surface area contributed by atoms with Gasteiger partial charge in [0.2, 0.25) is 0 Å². The Hall–Kier alpha value is -2.61. The Kier molecular flexibility index (Phi) is 2.64. The number of phenols is 1. The second-order valence-electron chi connectivity index (χ2n) is 5.83. The Bertz CT molecular complexity index is 1060. The highest BCUT2D eigenvalue weighted by atomic mass is 19.1. The summed E-state index contributed by atoms with van der Waals surface area (Å²) in [5.74, 6) is 0.0419. The molecule has 0 aliphatic rings. The number of rotatable bonds is 0. The van der Waals surface area contributed by atoms with Gasteiger partial charge in [0.15, 0.2) is 0 Å². The van der Waals surface area contributed by atoms with Crippen LogP contribution < -0.4 is 0 Å². The van der Waals surface area contributed by atoms with E-state index >= 15 is 0 Å². The van der Waals surface area contributed by atoms with Crippen LogP contribution in [0, 0.1) is 19.7 Å². The Morgan fingerprint density at radius 3 is 2.27 bits per heavy atom. The standard InChI is InChI=1S/C20H15FO/c1-11-16-7-4-14(21)10-19(16)12(2)20-17(11)6-3-13-9-15(22)5-8-18(13)20/h3-10,22H,1-2H3. The smallest absolute Gasteiger partial charge is 0.123 e. The summed E-state index contributed by atoms with van der Waals surface area (Å²) in [6.07, 6.45) is 0. The van der Waals surface area contributed by atoms with Crippen LogP contribution in [0.5, 0.6) is 5.75 Å². The van der Waals surface area contributed by atoms with Crippen LogP contribution in [0.1, 0.15) is 11.1 Å². The summed E-state index contributed by atoms with van der Waals surface area (Å²) in [6, 6.07) is 14.5. The van der Waals surface area contributed by atoms with Gasteiger partial charge in [-0.2, -0.15) is 0 Å². The van der Waals surface area contributed by atoms with E-state index in [4.69, 9.17) is 0 Å². The first kappa shape index (κ1) is 13.1. The van der Waals surface area contributed by atoms with Gasteiger partial charge in [-0.05, 0) is 81.6 Å². The lowest BCUT2D eigenvalue weighted by Crippen LogP contribution is -1.90. The molecule has 0 saturated heterocycles. The molecular formula is C20H15FO. The molecule has 22 heavy (non-hydrogen) atoms. The fourth-order valence-electron chi connectivity index (χ4n) is 3.47. The quantitative estimate of drug-likeness (QED) is 0.330. The molecule has 0 heterocycles. The minimum Gasteiger partial charge on any atom is -0.508 e. The van der Waals surface area contributed by atoms with Crippen LogP contribution in [0.25, 0.3) is 32.3 Å². The van der Waals surface area contributed by atoms with Gasteiger partial charge >= 0.3 is 0 Å². The Labute approximate surface area is 127 Å². The summed E-state index contributed by atoms with van der Waals surface area (Å²) in [5.41, 5.74) is 2.23. The van der Waals surface area contributed by atoms with Gasteiger partial charge in [0.05, 0.1) is 0 Å². The molecule has 1 nitrogen and oxygen atoms in total. The van der Waals surface area contributed by atoms with Crippen LogP contribution >= 0.6 is 0 Å². The Morgan fingerprint density at radius 1 is 0.727 bits per heavy atom. The number of phenolic OH excluding ortho intramolecular Hbond substituents is 1. The van der Waals surface area contributed by atoms with Gasteiger partial charge in [-0.1, -0.05) is 24.3 Å². The second-order valence-corrected chi connectivity index (χ2v) is 5.83. The molecule has 0 saturated carbocycles. The number of hydrogen-bond acceptors (Lipinski definition) is 1. The lowest BCUT2D eigenvalue weighted by molar-refractivity contribution is 0.476. The zero-order valence-electron chi connectivity index (χ0n) is 12.4. The van der Waals surface area contributed by atoms with Crippen molar-refractivity contribution in [3.63, 3.8) is 0 Å². The third-order valence-electron chi connectivity index (χ3n) is 4.57. The van der Waals surface area contributed by atoms with E-state index < -0.39 is 0 Å². The number of halogens is 1. The SMILES string of the molecule is Cc1c2ccc(F)cc2c(C)c2c1ccc1cc(O)ccc12. The number of fused-ring (bicyclic) bond motifs is 4. The van der Waals surface area contributed by atoms with Crippen LogP contribution in [-0.2, 0) is 0 Å². The van der Waals surface area contributed by atoms with Crippen LogP contribution in [-0.4, -0.2) is 5.11 Å². The van der Waals surface area contributed by atoms with Gasteiger partial charge in [-0.3, -0.25) is 0 Å². The predicted octanol–water partition coefficient (Wildman–Crippen LogP) is 5.61. The molecule has 0 aliphatic heterocycles. The van der Waals surface area contributed by atoms with E-state index in [0.29, 0.717) is 0 Å². The molecule has 4 aromatic rings. The Morgan fingerprint density at radius 2 is 1.45 bits per heavy atom. The maximum Gasteiger partial charge on any atom is 0.123 e. The molecule has 0 unspecified atom stereocenters. The molecule has 4 rings (SSSR count). The molecule has 1 N–H and O–H groups in total. The van der Waals surface area contributed by atoms with Gasteiger partial charge in [-0.15, -0.1) is 0 Å². The first-order valence-corrected chi connectivity index (χ1v) is 7.30. The van der Waals surface area contributed by atoms with Crippen LogP contribution in [0.3, 0.4) is 0 Å². The van der Waals surface area contributed by atoms with Crippen molar-refractivity contribution in [3.05, 3.63) is 65.5 Å². The van der Waals surface area contributed by atoms with E-state index in [1.54, 1.807) is 18.2 Å². The third-order valence-corrected chi connectivity index (χ3v) is 4.57. The topological polar surface area (TPSA) is 20.2 Å². The van der Waals surface area contributed by atoms with Crippen LogP contribution in [0.4, 0.5) is 4.39 Å². The molecule has 0 aromatic heterocycles. The second kappa shape index (κ2) is 4.44. The average Bonchev–Trinajstić information content (AvgIpc) is 2.51. The largest absolute Gasteiger partial charge is 0.508 e. The molecule has 2 heteroatoms. The van der Waals surface area contributed by atoms with Crippen molar-refractivity contribution >= 4 is 32.3 Å². The van der Waals surface area contributed by atoms with E-state index in [2.05, 4.69) is 13.0 Å². The number of aromatic hydroxyl groups is 1. The third kappa shape index (κ3) is 1.70. The highest BCUT2D eigenvalue weighted by molar-refractivity contribution is 6.16. The van der Waals surface area contributed by atoms with Crippen molar-refractivity contribution in [2.45, 2.75) is 13.8 Å². The maximum atomic E-state index is 13.7. The first-order valence-electron chi connectivity index (χ1n) is 7.30. The first-order chi connectivity index (χ1) is 10.6. The van der Waals surface area contributed by atoms with E-state index in [1.165, 1.54) is 11.5 Å². The van der Waals surface area contributed by atoms with Crippen molar-refractivity contribution in [1.29, 1.82) is 0 Å². The fourth-order valence-corrected chi connectivity index (χ4v) is 3.47. The molecule has 0 spiro atoms. The van der Waals surface area contributed by atoms with E-state index in [9.17, 15) is 9.50 Å². The van der Waals surface area contributed by atoms with Gasteiger partial charge in [0.25, 0.3) is 0 Å². The molecule has 0 radical (unpaired) electrons. The van der Waals surface area contributed by atoms with Crippen LogP contribution in [0.15, 0.2) is 48.5 Å². The highest BCUT2D eigenvalue weighted by Gasteiger charge is 2.12. The van der Waals surface area contributed by atoms with Crippen molar-refractivity contribution in [2.24, 2.45) is 0 Å². The highest BCUT2D eigenvalue weighted by Crippen LogP contribution is 2.37. The molecular weight excluding hydrogens is 275 g/mol. The molecule has 0 bridgehead atoms. The normalized spacial score (nSPS) is 11.6. The van der Waals surface area contributed by atoms with Crippen molar-refractivity contribution in [1.82, 2.24) is 0 Å². The zero-order valence-corrected chi connectivity index (χ0v) is 12.4. The van der Waals surface area contributed by atoms with Gasteiger partial charge < -0.3 is 5.11 Å². The Balaban J connectivity index is 2.32. The predicted molar refractivity (Wildman–Crippen MR) is 90.1 cm³/mol. The molecule has 108 valence electrons. The van der Waals surface area contributed by atoms with Crippen molar-refractivity contribution < 1.29 is 9.50 Å². The van der Waals surface area contributed by atoms with Gasteiger partial charge in [-0.25, -0.2) is 4.39 Å². The van der Waals surface area contributed by atoms with Gasteiger partial charge in [0, 0.05) is 0 Å². The van der Waals surface area contributed by atoms with E-state index in [0.717, 1.165) is 38.1 Å². The van der Waals surface area contributed by atoms with Crippen molar-refractivity contribution in [2.75, 3.05) is 0 Å². The fraction of sp³-hybridized carbons (Fsp3) is 0.100. The lowest BCUT2D eigenvalue weighted by atomic mass is 9.90. The number of benzene rings is 4. The summed E-state index contributed by atoms with van der Waals surface area (Å²) >= 11 is 0.